The zero-order chi connectivity index (χ0) is 18.3. The molecular formula is C18H11Cl2NO4. The molecular weight excluding hydrogens is 365 g/mol. The number of halogens is 2. The van der Waals surface area contributed by atoms with Crippen LogP contribution in [0.25, 0.3) is 6.08 Å². The molecule has 7 heteroatoms. The third-order valence-corrected chi connectivity index (χ3v) is 4.62. The van der Waals surface area contributed by atoms with Crippen molar-refractivity contribution in [1.82, 2.24) is 0 Å². The summed E-state index contributed by atoms with van der Waals surface area (Å²) in [5.41, 5.74) is 0.969. The van der Waals surface area contributed by atoms with Gasteiger partial charge in [-0.3, -0.25) is 9.59 Å². The van der Waals surface area contributed by atoms with Crippen molar-refractivity contribution in [3.63, 3.8) is 0 Å². The first-order valence-corrected chi connectivity index (χ1v) is 7.92. The average Bonchev–Trinajstić information content (AvgIpc) is 2.59. The lowest BCUT2D eigenvalue weighted by molar-refractivity contribution is -0.114. The molecule has 0 saturated heterocycles. The van der Waals surface area contributed by atoms with E-state index < -0.39 is 17.7 Å². The van der Waals surface area contributed by atoms with Crippen molar-refractivity contribution >= 4 is 52.6 Å². The van der Waals surface area contributed by atoms with Crippen LogP contribution >= 0.6 is 23.2 Å². The number of ketones is 1. The highest BCUT2D eigenvalue weighted by Crippen LogP contribution is 2.32. The van der Waals surface area contributed by atoms with E-state index in [-0.39, 0.29) is 16.7 Å². The molecule has 5 nitrogen and oxygen atoms in total. The second-order valence-corrected chi connectivity index (χ2v) is 6.28. The Morgan fingerprint density at radius 1 is 1.08 bits per heavy atom. The molecule has 0 aliphatic carbocycles. The number of amides is 1. The quantitative estimate of drug-likeness (QED) is 0.637. The van der Waals surface area contributed by atoms with Gasteiger partial charge in [-0.2, -0.15) is 0 Å². The average molecular weight is 376 g/mol. The van der Waals surface area contributed by atoms with Crippen LogP contribution in [0.15, 0.2) is 42.0 Å². The van der Waals surface area contributed by atoms with E-state index in [1.165, 1.54) is 36.2 Å². The second kappa shape index (κ2) is 6.35. The first kappa shape index (κ1) is 17.2. The highest BCUT2D eigenvalue weighted by molar-refractivity contribution is 6.42. The van der Waals surface area contributed by atoms with Crippen LogP contribution < -0.4 is 4.90 Å². The lowest BCUT2D eigenvalue weighted by Gasteiger charge is -2.26. The summed E-state index contributed by atoms with van der Waals surface area (Å²) in [6.45, 7) is 0. The zero-order valence-corrected chi connectivity index (χ0v) is 14.4. The molecule has 0 fully saturated rings. The maximum atomic E-state index is 12.7. The smallest absolute Gasteiger partial charge is 0.335 e. The van der Waals surface area contributed by atoms with Gasteiger partial charge in [0.15, 0.2) is 0 Å². The normalized spacial score (nSPS) is 15.5. The fourth-order valence-electron chi connectivity index (χ4n) is 2.57. The van der Waals surface area contributed by atoms with Gasteiger partial charge in [-0.1, -0.05) is 29.3 Å². The molecule has 3 rings (SSSR count). The van der Waals surface area contributed by atoms with Gasteiger partial charge in [0.2, 0.25) is 5.78 Å². The van der Waals surface area contributed by atoms with E-state index in [2.05, 4.69) is 0 Å². The van der Waals surface area contributed by atoms with Crippen molar-refractivity contribution in [2.24, 2.45) is 0 Å². The molecule has 25 heavy (non-hydrogen) atoms. The summed E-state index contributed by atoms with van der Waals surface area (Å²) in [7, 11) is 1.52. The minimum Gasteiger partial charge on any atom is -0.478 e. The number of nitrogens with zero attached hydrogens (tertiary/aromatic N) is 1. The van der Waals surface area contributed by atoms with E-state index in [1.54, 1.807) is 18.2 Å². The molecule has 0 radical (unpaired) electrons. The first-order valence-electron chi connectivity index (χ1n) is 7.16. The topological polar surface area (TPSA) is 74.7 Å². The number of rotatable bonds is 2. The maximum absolute atomic E-state index is 12.7. The lowest BCUT2D eigenvalue weighted by Crippen LogP contribution is -2.36. The molecule has 1 amide bonds. The van der Waals surface area contributed by atoms with Crippen molar-refractivity contribution in [3.8, 4) is 0 Å². The zero-order valence-electron chi connectivity index (χ0n) is 12.9. The first-order chi connectivity index (χ1) is 11.8. The number of Topliss-reactive ketones (excluding diaryl/α,β-unsaturated/α-hetero) is 1. The van der Waals surface area contributed by atoms with Gasteiger partial charge in [0.05, 0.1) is 26.9 Å². The van der Waals surface area contributed by atoms with E-state index in [0.29, 0.717) is 21.3 Å². The van der Waals surface area contributed by atoms with Gasteiger partial charge in [0.25, 0.3) is 5.91 Å². The van der Waals surface area contributed by atoms with Gasteiger partial charge in [-0.15, -0.1) is 0 Å². The summed E-state index contributed by atoms with van der Waals surface area (Å²) in [4.78, 5) is 37.7. The summed E-state index contributed by atoms with van der Waals surface area (Å²) < 4.78 is 0. The molecule has 0 saturated carbocycles. The van der Waals surface area contributed by atoms with Crippen molar-refractivity contribution in [3.05, 3.63) is 68.7 Å². The molecule has 1 aliphatic heterocycles. The van der Waals surface area contributed by atoms with Gasteiger partial charge in [-0.05, 0) is 42.0 Å². The number of carboxylic acids is 1. The van der Waals surface area contributed by atoms with Gasteiger partial charge in [-0.25, -0.2) is 4.79 Å². The Balaban J connectivity index is 2.13. The summed E-state index contributed by atoms with van der Waals surface area (Å²) in [5, 5.41) is 9.77. The molecule has 0 spiro atoms. The third-order valence-electron chi connectivity index (χ3n) is 3.88. The minimum atomic E-state index is -1.15. The van der Waals surface area contributed by atoms with Crippen LogP contribution in [0.2, 0.25) is 10.0 Å². The van der Waals surface area contributed by atoms with Crippen LogP contribution in [0.4, 0.5) is 5.69 Å². The Hall–Kier alpha value is -2.63. The van der Waals surface area contributed by atoms with E-state index in [4.69, 9.17) is 28.3 Å². The molecule has 1 N–H and O–H groups in total. The molecule has 0 atom stereocenters. The van der Waals surface area contributed by atoms with E-state index in [9.17, 15) is 14.4 Å². The van der Waals surface area contributed by atoms with Gasteiger partial charge in [0.1, 0.15) is 0 Å². The molecule has 2 aromatic rings. The van der Waals surface area contributed by atoms with Crippen LogP contribution in [0.1, 0.15) is 26.3 Å². The van der Waals surface area contributed by atoms with Gasteiger partial charge in [0, 0.05) is 12.6 Å². The van der Waals surface area contributed by atoms with E-state index in [0.717, 1.165) is 0 Å². The summed E-state index contributed by atoms with van der Waals surface area (Å²) in [6.07, 6.45) is 1.42. The van der Waals surface area contributed by atoms with Crippen molar-refractivity contribution in [2.45, 2.75) is 0 Å². The predicted molar refractivity (Wildman–Crippen MR) is 95.6 cm³/mol. The second-order valence-electron chi connectivity index (χ2n) is 5.46. The summed E-state index contributed by atoms with van der Waals surface area (Å²) in [5.74, 6) is -2.16. The maximum Gasteiger partial charge on any atom is 0.335 e. The monoisotopic (exact) mass is 375 g/mol. The molecule has 0 bridgehead atoms. The Kier molecular flexibility index (Phi) is 4.37. The molecule has 0 aromatic heterocycles. The fraction of sp³-hybridized carbons (Fsp3) is 0.0556. The molecule has 0 unspecified atom stereocenters. The van der Waals surface area contributed by atoms with Crippen LogP contribution in [0, 0.1) is 0 Å². The third kappa shape index (κ3) is 3.04. The van der Waals surface area contributed by atoms with Crippen molar-refractivity contribution in [2.75, 3.05) is 11.9 Å². The molecule has 1 aliphatic rings. The number of carbonyl (C=O) groups excluding carboxylic acids is 2. The number of carbonyl (C=O) groups is 3. The van der Waals surface area contributed by atoms with Crippen LogP contribution in [-0.2, 0) is 4.79 Å². The number of carboxylic acid groups (broad SMARTS) is 1. The van der Waals surface area contributed by atoms with Crippen LogP contribution in [0.3, 0.4) is 0 Å². The standard InChI is InChI=1S/C18H11Cl2NO4/c1-21-15-5-3-10(18(24)25)8-11(15)16(22)12(17(21)23)6-9-2-4-13(19)14(20)7-9/h2-8H,1H3,(H,24,25)/b12-6+. The number of aromatic carboxylic acids is 1. The Bertz CT molecular complexity index is 966. The molecule has 126 valence electrons. The molecule has 2 aromatic carbocycles. The van der Waals surface area contributed by atoms with E-state index >= 15 is 0 Å². The van der Waals surface area contributed by atoms with E-state index in [1.807, 2.05) is 0 Å². The number of fused-ring (bicyclic) bond motifs is 1. The number of likely N-dealkylation sites (N-methyl/N-ethyl adjacent to an activating group) is 1. The Labute approximate surface area is 153 Å². The number of benzene rings is 2. The van der Waals surface area contributed by atoms with Gasteiger partial charge < -0.3 is 10.0 Å². The Morgan fingerprint density at radius 2 is 1.80 bits per heavy atom. The highest BCUT2D eigenvalue weighted by Gasteiger charge is 2.33. The lowest BCUT2D eigenvalue weighted by atomic mass is 9.92. The number of hydrogen-bond donors (Lipinski definition) is 1. The number of hydrogen-bond acceptors (Lipinski definition) is 3. The van der Waals surface area contributed by atoms with Gasteiger partial charge >= 0.3 is 5.97 Å². The SMILES string of the molecule is CN1C(=O)/C(=C/c2ccc(Cl)c(Cl)c2)C(=O)c2cc(C(=O)O)ccc21. The van der Waals surface area contributed by atoms with Crippen molar-refractivity contribution in [1.29, 1.82) is 0 Å². The van der Waals surface area contributed by atoms with Crippen LogP contribution in [0.5, 0.6) is 0 Å². The summed E-state index contributed by atoms with van der Waals surface area (Å²) in [6, 6.07) is 8.81. The van der Waals surface area contributed by atoms with Crippen LogP contribution in [-0.4, -0.2) is 29.8 Å². The number of anilines is 1. The highest BCUT2D eigenvalue weighted by atomic mass is 35.5. The van der Waals surface area contributed by atoms with Crippen molar-refractivity contribution < 1.29 is 19.5 Å². The Morgan fingerprint density at radius 3 is 2.44 bits per heavy atom. The minimum absolute atomic E-state index is 0.0243. The summed E-state index contributed by atoms with van der Waals surface area (Å²) >= 11 is 11.8. The fourth-order valence-corrected chi connectivity index (χ4v) is 2.88. The largest absolute Gasteiger partial charge is 0.478 e. The molecule has 1 heterocycles. The predicted octanol–water partition coefficient (Wildman–Crippen LogP) is 3.93.